The molecule has 0 aliphatic heterocycles. The predicted molar refractivity (Wildman–Crippen MR) is 129 cm³/mol. The smallest absolute Gasteiger partial charge is 0.273 e. The van der Waals surface area contributed by atoms with Crippen LogP contribution in [0.5, 0.6) is 17.2 Å². The molecule has 2 aromatic carbocycles. The van der Waals surface area contributed by atoms with Crippen LogP contribution >= 0.6 is 0 Å². The lowest BCUT2D eigenvalue weighted by Crippen LogP contribution is -2.14. The van der Waals surface area contributed by atoms with Gasteiger partial charge < -0.3 is 19.5 Å². The van der Waals surface area contributed by atoms with Gasteiger partial charge in [0.25, 0.3) is 5.91 Å². The molecule has 2 aromatic heterocycles. The number of anilines is 1. The van der Waals surface area contributed by atoms with Crippen LogP contribution in [0.25, 0.3) is 11.3 Å². The Morgan fingerprint density at radius 3 is 2.53 bits per heavy atom. The number of carbonyl (C=O) groups is 1. The second-order valence-electron chi connectivity index (χ2n) is 7.75. The lowest BCUT2D eigenvalue weighted by Gasteiger charge is -2.11. The fourth-order valence-electron chi connectivity index (χ4n) is 3.73. The van der Waals surface area contributed by atoms with E-state index in [1.54, 1.807) is 27.4 Å². The summed E-state index contributed by atoms with van der Waals surface area (Å²) in [6.45, 7) is 4.31. The average Bonchev–Trinajstić information content (AvgIpc) is 3.45. The number of methoxy groups -OCH3 is 3. The number of aromatic amines is 1. The first kappa shape index (κ1) is 22.9. The van der Waals surface area contributed by atoms with Crippen LogP contribution in [0.1, 0.15) is 27.4 Å². The summed E-state index contributed by atoms with van der Waals surface area (Å²) in [6, 6.07) is 15.0. The highest BCUT2D eigenvalue weighted by atomic mass is 16.5. The van der Waals surface area contributed by atoms with E-state index in [1.165, 1.54) is 0 Å². The zero-order chi connectivity index (χ0) is 24.2. The van der Waals surface area contributed by atoms with Crippen LogP contribution in [-0.4, -0.2) is 47.2 Å². The molecule has 34 heavy (non-hydrogen) atoms. The van der Waals surface area contributed by atoms with Crippen LogP contribution in [-0.2, 0) is 6.54 Å². The number of nitrogens with one attached hydrogen (secondary N) is 2. The molecular weight excluding hydrogens is 434 g/mol. The summed E-state index contributed by atoms with van der Waals surface area (Å²) in [6.07, 6.45) is 0. The Morgan fingerprint density at radius 2 is 1.79 bits per heavy atom. The van der Waals surface area contributed by atoms with Crippen LogP contribution in [0, 0.1) is 13.8 Å². The Morgan fingerprint density at radius 1 is 1.00 bits per heavy atom. The van der Waals surface area contributed by atoms with E-state index >= 15 is 0 Å². The molecule has 2 N–H and O–H groups in total. The van der Waals surface area contributed by atoms with Gasteiger partial charge in [-0.3, -0.25) is 14.6 Å². The first-order valence-corrected chi connectivity index (χ1v) is 10.7. The molecule has 0 fully saturated rings. The quantitative estimate of drug-likeness (QED) is 0.407. The first-order chi connectivity index (χ1) is 16.4. The maximum absolute atomic E-state index is 12.9. The lowest BCUT2D eigenvalue weighted by atomic mass is 10.1. The van der Waals surface area contributed by atoms with E-state index in [4.69, 9.17) is 14.2 Å². The summed E-state index contributed by atoms with van der Waals surface area (Å²) in [7, 11) is 4.82. The van der Waals surface area contributed by atoms with Crippen molar-refractivity contribution in [3.63, 3.8) is 0 Å². The van der Waals surface area contributed by atoms with Gasteiger partial charge in [-0.15, -0.1) is 0 Å². The van der Waals surface area contributed by atoms with Crippen molar-refractivity contribution in [3.05, 3.63) is 71.2 Å². The van der Waals surface area contributed by atoms with Crippen molar-refractivity contribution in [2.24, 2.45) is 0 Å². The standard InChI is InChI=1S/C25H27N5O4/c1-15-24(16(2)30(29-15)14-17-9-10-22(33-4)23(11-17)34-5)26-25(31)21-13-20(27-28-21)18-7-6-8-19(12-18)32-3/h6-13H,14H2,1-5H3,(H,26,31)(H,27,28). The highest BCUT2D eigenvalue weighted by Crippen LogP contribution is 2.29. The van der Waals surface area contributed by atoms with Gasteiger partial charge in [-0.2, -0.15) is 10.2 Å². The number of carbonyl (C=O) groups excluding carboxylic acids is 1. The Kier molecular flexibility index (Phi) is 6.53. The molecule has 0 atom stereocenters. The predicted octanol–water partition coefficient (Wildman–Crippen LogP) is 4.22. The Bertz CT molecular complexity index is 1320. The third kappa shape index (κ3) is 4.59. The molecule has 0 aliphatic carbocycles. The fourth-order valence-corrected chi connectivity index (χ4v) is 3.73. The van der Waals surface area contributed by atoms with Gasteiger partial charge in [0.2, 0.25) is 0 Å². The maximum atomic E-state index is 12.9. The minimum atomic E-state index is -0.293. The van der Waals surface area contributed by atoms with E-state index in [9.17, 15) is 4.79 Å². The monoisotopic (exact) mass is 461 g/mol. The van der Waals surface area contributed by atoms with Crippen LogP contribution in [0.15, 0.2) is 48.5 Å². The van der Waals surface area contributed by atoms with E-state index in [0.29, 0.717) is 35.1 Å². The van der Waals surface area contributed by atoms with Gasteiger partial charge in [0.05, 0.1) is 50.6 Å². The maximum Gasteiger partial charge on any atom is 0.273 e. The molecule has 176 valence electrons. The number of aryl methyl sites for hydroxylation is 1. The molecule has 0 bridgehead atoms. The summed E-state index contributed by atoms with van der Waals surface area (Å²) in [5.74, 6) is 1.75. The van der Waals surface area contributed by atoms with Crippen LogP contribution in [0.4, 0.5) is 5.69 Å². The van der Waals surface area contributed by atoms with Crippen molar-refractivity contribution in [3.8, 4) is 28.5 Å². The number of ether oxygens (including phenoxy) is 3. The third-order valence-electron chi connectivity index (χ3n) is 5.59. The van der Waals surface area contributed by atoms with E-state index in [0.717, 1.165) is 28.3 Å². The van der Waals surface area contributed by atoms with Crippen molar-refractivity contribution < 1.29 is 19.0 Å². The van der Waals surface area contributed by atoms with Crippen molar-refractivity contribution in [2.75, 3.05) is 26.6 Å². The molecule has 0 aliphatic rings. The number of nitrogens with zero attached hydrogens (tertiary/aromatic N) is 3. The summed E-state index contributed by atoms with van der Waals surface area (Å²) < 4.78 is 17.8. The molecule has 2 heterocycles. The number of amides is 1. The molecule has 0 saturated heterocycles. The molecule has 1 amide bonds. The molecule has 9 heteroatoms. The molecule has 0 spiro atoms. The number of H-pyrrole nitrogens is 1. The topological polar surface area (TPSA) is 103 Å². The van der Waals surface area contributed by atoms with Gasteiger partial charge in [0.1, 0.15) is 11.4 Å². The summed E-state index contributed by atoms with van der Waals surface area (Å²) >= 11 is 0. The summed E-state index contributed by atoms with van der Waals surface area (Å²) in [5.41, 5.74) is 5.09. The van der Waals surface area contributed by atoms with Gasteiger partial charge in [-0.05, 0) is 49.7 Å². The molecule has 0 radical (unpaired) electrons. The van der Waals surface area contributed by atoms with Crippen LogP contribution < -0.4 is 19.5 Å². The molecule has 0 unspecified atom stereocenters. The Labute approximate surface area is 197 Å². The minimum absolute atomic E-state index is 0.293. The van der Waals surface area contributed by atoms with Gasteiger partial charge >= 0.3 is 0 Å². The van der Waals surface area contributed by atoms with Gasteiger partial charge in [-0.25, -0.2) is 0 Å². The average molecular weight is 462 g/mol. The normalized spacial score (nSPS) is 10.7. The van der Waals surface area contributed by atoms with Gasteiger partial charge in [0, 0.05) is 5.56 Å². The molecule has 9 nitrogen and oxygen atoms in total. The number of hydrogen-bond acceptors (Lipinski definition) is 6. The van der Waals surface area contributed by atoms with E-state index in [-0.39, 0.29) is 5.91 Å². The van der Waals surface area contributed by atoms with Crippen molar-refractivity contribution >= 4 is 11.6 Å². The van der Waals surface area contributed by atoms with E-state index < -0.39 is 0 Å². The first-order valence-electron chi connectivity index (χ1n) is 10.7. The molecule has 4 rings (SSSR count). The number of hydrogen-bond donors (Lipinski definition) is 2. The van der Waals surface area contributed by atoms with Crippen LogP contribution in [0.3, 0.4) is 0 Å². The second-order valence-corrected chi connectivity index (χ2v) is 7.75. The fraction of sp³-hybridized carbons (Fsp3) is 0.240. The highest BCUT2D eigenvalue weighted by Gasteiger charge is 2.18. The van der Waals surface area contributed by atoms with E-state index in [1.807, 2.05) is 61.0 Å². The van der Waals surface area contributed by atoms with Crippen molar-refractivity contribution in [1.82, 2.24) is 20.0 Å². The zero-order valence-electron chi connectivity index (χ0n) is 19.8. The summed E-state index contributed by atoms with van der Waals surface area (Å²) in [5, 5.41) is 14.7. The number of benzene rings is 2. The SMILES string of the molecule is COc1cccc(-c2cc(C(=O)Nc3c(C)nn(Cc4ccc(OC)c(OC)c4)c3C)[nH]n2)c1. The van der Waals surface area contributed by atoms with Gasteiger partial charge in [0.15, 0.2) is 11.5 Å². The Balaban J connectivity index is 1.52. The highest BCUT2D eigenvalue weighted by molar-refractivity contribution is 6.04. The van der Waals surface area contributed by atoms with E-state index in [2.05, 4.69) is 20.6 Å². The minimum Gasteiger partial charge on any atom is -0.497 e. The van der Waals surface area contributed by atoms with Gasteiger partial charge in [-0.1, -0.05) is 18.2 Å². The van der Waals surface area contributed by atoms with Crippen LogP contribution in [0.2, 0.25) is 0 Å². The summed E-state index contributed by atoms with van der Waals surface area (Å²) in [4.78, 5) is 12.9. The number of aromatic nitrogens is 4. The molecule has 4 aromatic rings. The largest absolute Gasteiger partial charge is 0.497 e. The van der Waals surface area contributed by atoms with Crippen molar-refractivity contribution in [2.45, 2.75) is 20.4 Å². The Hall–Kier alpha value is -4.27. The molecular formula is C25H27N5O4. The third-order valence-corrected chi connectivity index (χ3v) is 5.59. The number of rotatable bonds is 8. The second kappa shape index (κ2) is 9.70. The lowest BCUT2D eigenvalue weighted by molar-refractivity contribution is 0.102. The molecule has 0 saturated carbocycles. The van der Waals surface area contributed by atoms with Crippen molar-refractivity contribution in [1.29, 1.82) is 0 Å². The zero-order valence-corrected chi connectivity index (χ0v) is 19.8.